The number of pyridine rings is 1. The van der Waals surface area contributed by atoms with Gasteiger partial charge in [-0.1, -0.05) is 43.7 Å². The van der Waals surface area contributed by atoms with Crippen LogP contribution in [0, 0.1) is 6.92 Å². The summed E-state index contributed by atoms with van der Waals surface area (Å²) in [5.41, 5.74) is 2.13. The fourth-order valence-electron chi connectivity index (χ4n) is 2.46. The molecule has 0 spiro atoms. The van der Waals surface area contributed by atoms with Gasteiger partial charge in [-0.25, -0.2) is 9.78 Å². The van der Waals surface area contributed by atoms with E-state index in [9.17, 15) is 9.90 Å². The van der Waals surface area contributed by atoms with Crippen LogP contribution >= 0.6 is 11.5 Å². The van der Waals surface area contributed by atoms with Gasteiger partial charge < -0.3 is 9.84 Å². The lowest BCUT2D eigenvalue weighted by atomic mass is 10.1. The maximum atomic E-state index is 12.3. The number of unbranched alkanes of at least 4 members (excludes halogenated alkanes) is 1. The maximum Gasteiger partial charge on any atom is 0.360 e. The molecule has 0 aliphatic carbocycles. The molecular weight excluding hydrogens is 324 g/mol. The van der Waals surface area contributed by atoms with E-state index in [1.165, 1.54) is 11.5 Å². The summed E-state index contributed by atoms with van der Waals surface area (Å²) in [4.78, 5) is 16.7. The van der Waals surface area contributed by atoms with E-state index < -0.39 is 5.97 Å². The molecule has 3 aromatic rings. The molecule has 0 aliphatic heterocycles. The third-order valence-electron chi connectivity index (χ3n) is 3.73. The molecule has 0 bridgehead atoms. The van der Waals surface area contributed by atoms with Gasteiger partial charge in [0.1, 0.15) is 0 Å². The Hall–Kier alpha value is -2.47. The molecule has 2 heterocycles. The van der Waals surface area contributed by atoms with Crippen LogP contribution < -0.4 is 0 Å². The van der Waals surface area contributed by atoms with Crippen LogP contribution in [0.25, 0.3) is 21.3 Å². The van der Waals surface area contributed by atoms with Crippen LogP contribution in [0.2, 0.25) is 0 Å². The molecule has 0 amide bonds. The second-order valence-electron chi connectivity index (χ2n) is 5.49. The van der Waals surface area contributed by atoms with Crippen LogP contribution in [-0.2, 0) is 4.74 Å². The Morgan fingerprint density at radius 2 is 2.04 bits per heavy atom. The zero-order chi connectivity index (χ0) is 17.1. The number of hydrogen-bond acceptors (Lipinski definition) is 6. The number of aromatic hydroxyl groups is 1. The average Bonchev–Trinajstić information content (AvgIpc) is 2.98. The number of benzene rings is 1. The van der Waals surface area contributed by atoms with Crippen molar-refractivity contribution in [2.45, 2.75) is 26.7 Å². The second kappa shape index (κ2) is 6.97. The first-order valence-electron chi connectivity index (χ1n) is 7.85. The Kier molecular flexibility index (Phi) is 4.76. The number of carbonyl (C=O) groups excluding carboxylic acids is 1. The highest BCUT2D eigenvalue weighted by Gasteiger charge is 2.23. The summed E-state index contributed by atoms with van der Waals surface area (Å²) in [7, 11) is 0. The number of fused-ring (bicyclic) bond motifs is 1. The molecule has 0 aliphatic rings. The van der Waals surface area contributed by atoms with Gasteiger partial charge in [0.25, 0.3) is 0 Å². The highest BCUT2D eigenvalue weighted by Crippen LogP contribution is 2.38. The molecule has 3 rings (SSSR count). The molecule has 1 N–H and O–H groups in total. The molecule has 0 saturated carbocycles. The molecule has 0 saturated heterocycles. The molecular formula is C18H18N2O3S. The van der Waals surface area contributed by atoms with Crippen LogP contribution in [0.1, 0.15) is 35.9 Å². The van der Waals surface area contributed by atoms with Gasteiger partial charge in [0.05, 0.1) is 28.1 Å². The minimum absolute atomic E-state index is 0.0549. The smallest absolute Gasteiger partial charge is 0.360 e. The van der Waals surface area contributed by atoms with Gasteiger partial charge >= 0.3 is 5.97 Å². The third kappa shape index (κ3) is 2.97. The van der Waals surface area contributed by atoms with E-state index in [0.717, 1.165) is 23.1 Å². The fraction of sp³-hybridized carbons (Fsp3) is 0.278. The van der Waals surface area contributed by atoms with E-state index >= 15 is 0 Å². The molecule has 6 heteroatoms. The van der Waals surface area contributed by atoms with Crippen molar-refractivity contribution < 1.29 is 14.6 Å². The van der Waals surface area contributed by atoms with Crippen LogP contribution in [0.5, 0.6) is 5.75 Å². The van der Waals surface area contributed by atoms with E-state index in [1.54, 1.807) is 6.92 Å². The zero-order valence-corrected chi connectivity index (χ0v) is 14.4. The van der Waals surface area contributed by atoms with Crippen LogP contribution in [-0.4, -0.2) is 27.0 Å². The predicted molar refractivity (Wildman–Crippen MR) is 94.4 cm³/mol. The van der Waals surface area contributed by atoms with Crippen molar-refractivity contribution in [3.8, 4) is 17.0 Å². The van der Waals surface area contributed by atoms with Gasteiger partial charge in [-0.05, 0) is 24.9 Å². The van der Waals surface area contributed by atoms with Gasteiger partial charge in [-0.2, -0.15) is 4.37 Å². The number of rotatable bonds is 5. The number of esters is 1. The van der Waals surface area contributed by atoms with E-state index in [0.29, 0.717) is 23.4 Å². The topological polar surface area (TPSA) is 72.3 Å². The van der Waals surface area contributed by atoms with Crippen molar-refractivity contribution >= 4 is 27.6 Å². The van der Waals surface area contributed by atoms with Gasteiger partial charge in [0.15, 0.2) is 11.4 Å². The monoisotopic (exact) mass is 342 g/mol. The van der Waals surface area contributed by atoms with Crippen LogP contribution in [0.4, 0.5) is 0 Å². The van der Waals surface area contributed by atoms with E-state index in [-0.39, 0.29) is 11.4 Å². The molecule has 24 heavy (non-hydrogen) atoms. The van der Waals surface area contributed by atoms with Crippen molar-refractivity contribution in [1.82, 2.24) is 9.36 Å². The zero-order valence-electron chi connectivity index (χ0n) is 13.6. The summed E-state index contributed by atoms with van der Waals surface area (Å²) < 4.78 is 10.3. The first-order valence-corrected chi connectivity index (χ1v) is 8.62. The molecule has 0 atom stereocenters. The van der Waals surface area contributed by atoms with E-state index in [1.807, 2.05) is 37.3 Å². The summed E-state index contributed by atoms with van der Waals surface area (Å²) >= 11 is 1.27. The molecule has 0 radical (unpaired) electrons. The quantitative estimate of drug-likeness (QED) is 0.552. The third-order valence-corrected chi connectivity index (χ3v) is 4.68. The molecule has 0 fully saturated rings. The van der Waals surface area contributed by atoms with Gasteiger partial charge in [0, 0.05) is 5.56 Å². The van der Waals surface area contributed by atoms with E-state index in [4.69, 9.17) is 4.74 Å². The number of nitrogens with zero attached hydrogens (tertiary/aromatic N) is 2. The Morgan fingerprint density at radius 1 is 1.29 bits per heavy atom. The van der Waals surface area contributed by atoms with Crippen molar-refractivity contribution in [1.29, 1.82) is 0 Å². The number of aromatic nitrogens is 2. The Balaban J connectivity index is 2.15. The Morgan fingerprint density at radius 3 is 2.75 bits per heavy atom. The summed E-state index contributed by atoms with van der Waals surface area (Å²) in [6, 6.07) is 9.56. The average molecular weight is 342 g/mol. The first kappa shape index (κ1) is 16.4. The lowest BCUT2D eigenvalue weighted by Gasteiger charge is -2.09. The largest absolute Gasteiger partial charge is 0.505 e. The molecule has 5 nitrogen and oxygen atoms in total. The SMILES string of the molecule is CCCCOC(=O)c1nc(-c2ccccc2)c2snc(C)c2c1O. The van der Waals surface area contributed by atoms with Crippen molar-refractivity contribution in [3.05, 3.63) is 41.7 Å². The van der Waals surface area contributed by atoms with Crippen LogP contribution in [0.3, 0.4) is 0 Å². The van der Waals surface area contributed by atoms with Crippen molar-refractivity contribution in [3.63, 3.8) is 0 Å². The molecule has 124 valence electrons. The highest BCUT2D eigenvalue weighted by atomic mass is 32.1. The Bertz CT molecular complexity index is 875. The minimum atomic E-state index is -0.606. The first-order chi connectivity index (χ1) is 11.6. The standard InChI is InChI=1S/C18H18N2O3S/c1-3-4-10-23-18(22)15-16(21)13-11(2)20-24-17(13)14(19-15)12-8-6-5-7-9-12/h5-9,21H,3-4,10H2,1-2H3. The van der Waals surface area contributed by atoms with E-state index in [2.05, 4.69) is 9.36 Å². The highest BCUT2D eigenvalue weighted by molar-refractivity contribution is 7.14. The number of aryl methyl sites for hydroxylation is 1. The van der Waals surface area contributed by atoms with Crippen molar-refractivity contribution in [2.75, 3.05) is 6.61 Å². The lowest BCUT2D eigenvalue weighted by Crippen LogP contribution is -2.09. The number of hydrogen-bond donors (Lipinski definition) is 1. The summed E-state index contributed by atoms with van der Waals surface area (Å²) in [5.74, 6) is -0.761. The van der Waals surface area contributed by atoms with Gasteiger partial charge in [0.2, 0.25) is 0 Å². The normalized spacial score (nSPS) is 10.9. The molecule has 2 aromatic heterocycles. The van der Waals surface area contributed by atoms with Crippen LogP contribution in [0.15, 0.2) is 30.3 Å². The minimum Gasteiger partial charge on any atom is -0.505 e. The van der Waals surface area contributed by atoms with Gasteiger partial charge in [-0.15, -0.1) is 0 Å². The second-order valence-corrected chi connectivity index (χ2v) is 6.26. The van der Waals surface area contributed by atoms with Gasteiger partial charge in [-0.3, -0.25) is 0 Å². The lowest BCUT2D eigenvalue weighted by molar-refractivity contribution is 0.0490. The number of ether oxygens (including phenoxy) is 1. The summed E-state index contributed by atoms with van der Waals surface area (Å²) in [6.07, 6.45) is 1.70. The summed E-state index contributed by atoms with van der Waals surface area (Å²) in [6.45, 7) is 4.14. The maximum absolute atomic E-state index is 12.3. The fourth-order valence-corrected chi connectivity index (χ4v) is 3.36. The number of carbonyl (C=O) groups is 1. The molecule has 0 unspecified atom stereocenters. The summed E-state index contributed by atoms with van der Waals surface area (Å²) in [5, 5.41) is 11.1. The van der Waals surface area contributed by atoms with Crippen molar-refractivity contribution in [2.24, 2.45) is 0 Å². The Labute approximate surface area is 144 Å². The molecule has 1 aromatic carbocycles. The predicted octanol–water partition coefficient (Wildman–Crippen LogP) is 4.33.